The van der Waals surface area contributed by atoms with Gasteiger partial charge < -0.3 is 5.11 Å². The van der Waals surface area contributed by atoms with Crippen LogP contribution in [0.5, 0.6) is 0 Å². The molecule has 2 N–H and O–H groups in total. The van der Waals surface area contributed by atoms with Gasteiger partial charge in [0.2, 0.25) is 10.0 Å². The van der Waals surface area contributed by atoms with Crippen LogP contribution in [-0.2, 0) is 16.4 Å². The zero-order valence-corrected chi connectivity index (χ0v) is 12.9. The fourth-order valence-electron chi connectivity index (χ4n) is 2.73. The van der Waals surface area contributed by atoms with E-state index in [1.54, 1.807) is 6.07 Å². The van der Waals surface area contributed by atoms with Crippen LogP contribution in [0.3, 0.4) is 0 Å². The monoisotopic (exact) mass is 311 g/mol. The Balaban J connectivity index is 2.32. The standard InChI is InChI=1S/C15H21NO4S/c1-2-11-8-9-12(15(17)18)10-14(11)21(19,20)16-13-6-4-3-5-7-13/h8-10,13,16H,2-7H2,1H3,(H,17,18). The molecule has 1 aromatic rings. The highest BCUT2D eigenvalue weighted by atomic mass is 32.2. The van der Waals surface area contributed by atoms with Crippen molar-refractivity contribution < 1.29 is 18.3 Å². The molecule has 116 valence electrons. The third kappa shape index (κ3) is 3.83. The maximum atomic E-state index is 12.6. The second-order valence-electron chi connectivity index (χ2n) is 5.44. The average molecular weight is 311 g/mol. The number of nitrogens with one attached hydrogen (secondary N) is 1. The summed E-state index contributed by atoms with van der Waals surface area (Å²) < 4.78 is 27.8. The number of sulfonamides is 1. The Morgan fingerprint density at radius 3 is 2.52 bits per heavy atom. The number of aromatic carboxylic acids is 1. The first-order valence-corrected chi connectivity index (χ1v) is 8.81. The number of carboxylic acid groups (broad SMARTS) is 1. The first-order valence-electron chi connectivity index (χ1n) is 7.32. The van der Waals surface area contributed by atoms with Gasteiger partial charge >= 0.3 is 5.97 Å². The van der Waals surface area contributed by atoms with Gasteiger partial charge in [-0.05, 0) is 37.0 Å². The molecule has 0 radical (unpaired) electrons. The van der Waals surface area contributed by atoms with Crippen molar-refractivity contribution in [2.24, 2.45) is 0 Å². The van der Waals surface area contributed by atoms with Crippen molar-refractivity contribution in [3.05, 3.63) is 29.3 Å². The van der Waals surface area contributed by atoms with Gasteiger partial charge in [-0.15, -0.1) is 0 Å². The molecular formula is C15H21NO4S. The molecule has 0 bridgehead atoms. The molecule has 0 unspecified atom stereocenters. The van der Waals surface area contributed by atoms with Gasteiger partial charge in [0.1, 0.15) is 0 Å². The number of carboxylic acids is 1. The van der Waals surface area contributed by atoms with E-state index in [1.807, 2.05) is 6.92 Å². The Labute approximate surface area is 125 Å². The zero-order valence-electron chi connectivity index (χ0n) is 12.1. The predicted molar refractivity (Wildman–Crippen MR) is 80.0 cm³/mol. The summed E-state index contributed by atoms with van der Waals surface area (Å²) >= 11 is 0. The zero-order chi connectivity index (χ0) is 15.5. The first-order chi connectivity index (χ1) is 9.94. The molecule has 1 aliphatic rings. The van der Waals surface area contributed by atoms with Crippen LogP contribution in [0.4, 0.5) is 0 Å². The molecule has 1 fully saturated rings. The summed E-state index contributed by atoms with van der Waals surface area (Å²) in [7, 11) is -3.67. The molecule has 5 nitrogen and oxygen atoms in total. The Kier molecular flexibility index (Phi) is 5.00. The van der Waals surface area contributed by atoms with Crippen LogP contribution in [0.1, 0.15) is 54.9 Å². The molecule has 1 saturated carbocycles. The van der Waals surface area contributed by atoms with Crippen molar-refractivity contribution in [1.29, 1.82) is 0 Å². The van der Waals surface area contributed by atoms with Crippen molar-refractivity contribution in [3.63, 3.8) is 0 Å². The number of hydrogen-bond donors (Lipinski definition) is 2. The minimum atomic E-state index is -3.67. The van der Waals surface area contributed by atoms with E-state index in [4.69, 9.17) is 5.11 Å². The van der Waals surface area contributed by atoms with E-state index in [9.17, 15) is 13.2 Å². The second kappa shape index (κ2) is 6.58. The van der Waals surface area contributed by atoms with Crippen LogP contribution in [0, 0.1) is 0 Å². The van der Waals surface area contributed by atoms with E-state index in [2.05, 4.69) is 4.72 Å². The number of aryl methyl sites for hydroxylation is 1. The first kappa shape index (κ1) is 16.0. The minimum absolute atomic E-state index is 0.00350. The maximum absolute atomic E-state index is 12.6. The van der Waals surface area contributed by atoms with Gasteiger partial charge in [-0.3, -0.25) is 0 Å². The molecule has 1 aromatic carbocycles. The van der Waals surface area contributed by atoms with Gasteiger partial charge in [-0.25, -0.2) is 17.9 Å². The Hall–Kier alpha value is -1.40. The van der Waals surface area contributed by atoms with Crippen LogP contribution in [0.15, 0.2) is 23.1 Å². The van der Waals surface area contributed by atoms with Crippen LogP contribution in [0.25, 0.3) is 0 Å². The third-order valence-electron chi connectivity index (χ3n) is 3.91. The van der Waals surface area contributed by atoms with Crippen LogP contribution in [-0.4, -0.2) is 25.5 Å². The fraction of sp³-hybridized carbons (Fsp3) is 0.533. The van der Waals surface area contributed by atoms with Gasteiger partial charge in [0.15, 0.2) is 0 Å². The van der Waals surface area contributed by atoms with Crippen LogP contribution >= 0.6 is 0 Å². The van der Waals surface area contributed by atoms with Gasteiger partial charge in [0.05, 0.1) is 10.5 Å². The van der Waals surface area contributed by atoms with Gasteiger partial charge in [0, 0.05) is 6.04 Å². The SMILES string of the molecule is CCc1ccc(C(=O)O)cc1S(=O)(=O)NC1CCCCC1. The fourth-order valence-corrected chi connectivity index (χ4v) is 4.37. The summed E-state index contributed by atoms with van der Waals surface area (Å²) in [6.07, 6.45) is 5.44. The number of rotatable bonds is 5. The molecule has 0 amide bonds. The summed E-state index contributed by atoms with van der Waals surface area (Å²) in [6, 6.07) is 4.24. The Morgan fingerprint density at radius 1 is 1.29 bits per heavy atom. The molecule has 0 saturated heterocycles. The molecular weight excluding hydrogens is 290 g/mol. The summed E-state index contributed by atoms with van der Waals surface area (Å²) in [4.78, 5) is 11.1. The third-order valence-corrected chi connectivity index (χ3v) is 5.51. The number of benzene rings is 1. The molecule has 6 heteroatoms. The summed E-state index contributed by atoms with van der Waals surface area (Å²) in [5, 5.41) is 9.04. The lowest BCUT2D eigenvalue weighted by molar-refractivity contribution is 0.0696. The summed E-state index contributed by atoms with van der Waals surface area (Å²) in [5.74, 6) is -1.12. The Bertz CT molecular complexity index is 619. The van der Waals surface area contributed by atoms with E-state index in [-0.39, 0.29) is 16.5 Å². The highest BCUT2D eigenvalue weighted by Gasteiger charge is 2.24. The lowest BCUT2D eigenvalue weighted by atomic mass is 9.96. The molecule has 0 atom stereocenters. The van der Waals surface area contributed by atoms with Gasteiger partial charge in [-0.1, -0.05) is 32.3 Å². The quantitative estimate of drug-likeness (QED) is 0.875. The van der Waals surface area contributed by atoms with Crippen molar-refractivity contribution in [1.82, 2.24) is 4.72 Å². The van der Waals surface area contributed by atoms with E-state index in [0.717, 1.165) is 32.1 Å². The average Bonchev–Trinajstić information content (AvgIpc) is 2.47. The maximum Gasteiger partial charge on any atom is 0.335 e. The topological polar surface area (TPSA) is 83.5 Å². The number of carbonyl (C=O) groups is 1. The number of hydrogen-bond acceptors (Lipinski definition) is 3. The molecule has 0 spiro atoms. The molecule has 0 heterocycles. The van der Waals surface area contributed by atoms with Gasteiger partial charge in [0.25, 0.3) is 0 Å². The molecule has 1 aliphatic carbocycles. The van der Waals surface area contributed by atoms with Crippen molar-refractivity contribution in [2.75, 3.05) is 0 Å². The highest BCUT2D eigenvalue weighted by Crippen LogP contribution is 2.23. The molecule has 0 aromatic heterocycles. The smallest absolute Gasteiger partial charge is 0.335 e. The lowest BCUT2D eigenvalue weighted by Gasteiger charge is -2.23. The second-order valence-corrected chi connectivity index (χ2v) is 7.12. The summed E-state index contributed by atoms with van der Waals surface area (Å²) in [5.41, 5.74) is 0.638. The predicted octanol–water partition coefficient (Wildman–Crippen LogP) is 2.56. The molecule has 2 rings (SSSR count). The molecule has 21 heavy (non-hydrogen) atoms. The molecule has 0 aliphatic heterocycles. The van der Waals surface area contributed by atoms with E-state index in [1.165, 1.54) is 12.1 Å². The van der Waals surface area contributed by atoms with Crippen LogP contribution < -0.4 is 4.72 Å². The Morgan fingerprint density at radius 2 is 1.95 bits per heavy atom. The normalized spacial score (nSPS) is 16.8. The van der Waals surface area contributed by atoms with Crippen molar-refractivity contribution >= 4 is 16.0 Å². The van der Waals surface area contributed by atoms with E-state index in [0.29, 0.717) is 12.0 Å². The van der Waals surface area contributed by atoms with Gasteiger partial charge in [-0.2, -0.15) is 0 Å². The van der Waals surface area contributed by atoms with Crippen molar-refractivity contribution in [2.45, 2.75) is 56.4 Å². The highest BCUT2D eigenvalue weighted by molar-refractivity contribution is 7.89. The van der Waals surface area contributed by atoms with E-state index >= 15 is 0 Å². The largest absolute Gasteiger partial charge is 0.478 e. The van der Waals surface area contributed by atoms with E-state index < -0.39 is 16.0 Å². The van der Waals surface area contributed by atoms with Crippen molar-refractivity contribution in [3.8, 4) is 0 Å². The van der Waals surface area contributed by atoms with Crippen LogP contribution in [0.2, 0.25) is 0 Å². The lowest BCUT2D eigenvalue weighted by Crippen LogP contribution is -2.36. The minimum Gasteiger partial charge on any atom is -0.478 e. The summed E-state index contributed by atoms with van der Waals surface area (Å²) in [6.45, 7) is 1.86.